The molecule has 0 fully saturated rings. The van der Waals surface area contributed by atoms with Crippen molar-refractivity contribution in [2.45, 2.75) is 6.42 Å². The van der Waals surface area contributed by atoms with Crippen molar-refractivity contribution in [3.63, 3.8) is 0 Å². The molecule has 0 saturated heterocycles. The van der Waals surface area contributed by atoms with Crippen LogP contribution >= 0.6 is 0 Å². The summed E-state index contributed by atoms with van der Waals surface area (Å²) < 4.78 is 0. The van der Waals surface area contributed by atoms with Crippen molar-refractivity contribution in [2.75, 3.05) is 0 Å². The molecule has 0 heterocycles. The standard InChI is InChI=1S/C15H12O4/c16-8-12-10(3-1-5-14(12)18)7-11-4-2-6-15(19)13(11)9-17/h1-6,8-9,18-19H,7H2. The summed E-state index contributed by atoms with van der Waals surface area (Å²) in [6.45, 7) is 0. The second-order valence-electron chi connectivity index (χ2n) is 4.11. The molecule has 0 unspecified atom stereocenters. The zero-order valence-corrected chi connectivity index (χ0v) is 10.0. The Hall–Kier alpha value is -2.62. The molecule has 96 valence electrons. The summed E-state index contributed by atoms with van der Waals surface area (Å²) in [7, 11) is 0. The molecule has 0 saturated carbocycles. The van der Waals surface area contributed by atoms with E-state index in [-0.39, 0.29) is 29.0 Å². The van der Waals surface area contributed by atoms with Gasteiger partial charge in [-0.1, -0.05) is 24.3 Å². The largest absolute Gasteiger partial charge is 0.507 e. The molecule has 2 aromatic rings. The topological polar surface area (TPSA) is 74.6 Å². The first-order chi connectivity index (χ1) is 9.17. The van der Waals surface area contributed by atoms with Gasteiger partial charge >= 0.3 is 0 Å². The van der Waals surface area contributed by atoms with Gasteiger partial charge in [0.15, 0.2) is 12.6 Å². The van der Waals surface area contributed by atoms with E-state index in [1.807, 2.05) is 0 Å². The van der Waals surface area contributed by atoms with Crippen LogP contribution < -0.4 is 0 Å². The van der Waals surface area contributed by atoms with E-state index in [0.29, 0.717) is 23.7 Å². The summed E-state index contributed by atoms with van der Waals surface area (Å²) >= 11 is 0. The van der Waals surface area contributed by atoms with Crippen LogP contribution in [0, 0.1) is 0 Å². The van der Waals surface area contributed by atoms with E-state index >= 15 is 0 Å². The average molecular weight is 256 g/mol. The fourth-order valence-corrected chi connectivity index (χ4v) is 1.98. The van der Waals surface area contributed by atoms with E-state index in [1.165, 1.54) is 12.1 Å². The zero-order valence-electron chi connectivity index (χ0n) is 10.0. The minimum absolute atomic E-state index is 0.0969. The number of phenolic OH excluding ortho intramolecular Hbond substituents is 2. The van der Waals surface area contributed by atoms with Crippen molar-refractivity contribution >= 4 is 12.6 Å². The highest BCUT2D eigenvalue weighted by Gasteiger charge is 2.11. The molecule has 0 spiro atoms. The quantitative estimate of drug-likeness (QED) is 0.823. The number of benzene rings is 2. The van der Waals surface area contributed by atoms with Crippen molar-refractivity contribution in [1.29, 1.82) is 0 Å². The van der Waals surface area contributed by atoms with E-state index in [9.17, 15) is 19.8 Å². The third-order valence-corrected chi connectivity index (χ3v) is 2.96. The number of aromatic hydroxyl groups is 2. The summed E-state index contributed by atoms with van der Waals surface area (Å²) in [5.41, 5.74) is 1.60. The summed E-state index contributed by atoms with van der Waals surface area (Å²) in [6.07, 6.45) is 1.44. The normalized spacial score (nSPS) is 10.1. The summed E-state index contributed by atoms with van der Waals surface area (Å²) in [5, 5.41) is 19.2. The highest BCUT2D eigenvalue weighted by molar-refractivity contribution is 5.84. The minimum Gasteiger partial charge on any atom is -0.507 e. The molecule has 0 radical (unpaired) electrons. The maximum atomic E-state index is 11.0. The maximum Gasteiger partial charge on any atom is 0.154 e. The van der Waals surface area contributed by atoms with Gasteiger partial charge in [0.25, 0.3) is 0 Å². The monoisotopic (exact) mass is 256 g/mol. The van der Waals surface area contributed by atoms with E-state index in [0.717, 1.165) is 0 Å². The Morgan fingerprint density at radius 1 is 0.789 bits per heavy atom. The van der Waals surface area contributed by atoms with Crippen LogP contribution in [0.4, 0.5) is 0 Å². The first-order valence-electron chi connectivity index (χ1n) is 5.69. The molecule has 2 aromatic carbocycles. The van der Waals surface area contributed by atoms with E-state index < -0.39 is 0 Å². The minimum atomic E-state index is -0.0969. The van der Waals surface area contributed by atoms with Crippen LogP contribution in [0.25, 0.3) is 0 Å². The predicted octanol–water partition coefficient (Wildman–Crippen LogP) is 2.31. The van der Waals surface area contributed by atoms with E-state index in [1.54, 1.807) is 24.3 Å². The molecule has 0 aliphatic carbocycles. The zero-order chi connectivity index (χ0) is 13.8. The molecule has 0 aliphatic rings. The molecule has 0 bridgehead atoms. The number of carbonyl (C=O) groups excluding carboxylic acids is 2. The van der Waals surface area contributed by atoms with Crippen LogP contribution in [0.1, 0.15) is 31.8 Å². The molecule has 2 N–H and O–H groups in total. The highest BCUT2D eigenvalue weighted by Crippen LogP contribution is 2.25. The Bertz CT molecular complexity index is 577. The Labute approximate surface area is 109 Å². The first kappa shape index (κ1) is 12.8. The van der Waals surface area contributed by atoms with Crippen LogP contribution in [0.3, 0.4) is 0 Å². The fourth-order valence-electron chi connectivity index (χ4n) is 1.98. The van der Waals surface area contributed by atoms with Crippen molar-refractivity contribution in [3.8, 4) is 11.5 Å². The second-order valence-corrected chi connectivity index (χ2v) is 4.11. The van der Waals surface area contributed by atoms with E-state index in [2.05, 4.69) is 0 Å². The number of hydrogen-bond acceptors (Lipinski definition) is 4. The first-order valence-corrected chi connectivity index (χ1v) is 5.69. The molecule has 19 heavy (non-hydrogen) atoms. The maximum absolute atomic E-state index is 11.0. The molecule has 4 nitrogen and oxygen atoms in total. The Balaban J connectivity index is 2.48. The van der Waals surface area contributed by atoms with Gasteiger partial charge in [0.1, 0.15) is 11.5 Å². The predicted molar refractivity (Wildman–Crippen MR) is 69.8 cm³/mol. The lowest BCUT2D eigenvalue weighted by atomic mass is 9.96. The van der Waals surface area contributed by atoms with Crippen LogP contribution in [0.5, 0.6) is 11.5 Å². The summed E-state index contributed by atoms with van der Waals surface area (Å²) in [5.74, 6) is -0.194. The van der Waals surface area contributed by atoms with Crippen LogP contribution in [-0.2, 0) is 6.42 Å². The number of rotatable bonds is 4. The number of carbonyl (C=O) groups is 2. The SMILES string of the molecule is O=Cc1c(O)cccc1Cc1cccc(O)c1C=O. The molecule has 0 aliphatic heterocycles. The van der Waals surface area contributed by atoms with Gasteiger partial charge < -0.3 is 10.2 Å². The summed E-state index contributed by atoms with van der Waals surface area (Å²) in [6, 6.07) is 9.50. The lowest BCUT2D eigenvalue weighted by Gasteiger charge is -2.09. The third kappa shape index (κ3) is 2.47. The van der Waals surface area contributed by atoms with Crippen LogP contribution in [0.2, 0.25) is 0 Å². The molecular formula is C15H12O4. The smallest absolute Gasteiger partial charge is 0.154 e. The number of hydrogen-bond donors (Lipinski definition) is 2. The van der Waals surface area contributed by atoms with Gasteiger partial charge in [0.2, 0.25) is 0 Å². The Morgan fingerprint density at radius 2 is 1.21 bits per heavy atom. The lowest BCUT2D eigenvalue weighted by Crippen LogP contribution is -1.98. The van der Waals surface area contributed by atoms with E-state index in [4.69, 9.17) is 0 Å². The van der Waals surface area contributed by atoms with Crippen LogP contribution in [0.15, 0.2) is 36.4 Å². The molecule has 0 atom stereocenters. The summed E-state index contributed by atoms with van der Waals surface area (Å²) in [4.78, 5) is 22.0. The van der Waals surface area contributed by atoms with Crippen LogP contribution in [-0.4, -0.2) is 22.8 Å². The molecule has 4 heteroatoms. The van der Waals surface area contributed by atoms with Gasteiger partial charge in [0, 0.05) is 0 Å². The van der Waals surface area contributed by atoms with Gasteiger partial charge in [-0.05, 0) is 29.7 Å². The van der Waals surface area contributed by atoms with Crippen molar-refractivity contribution in [3.05, 3.63) is 58.7 Å². The lowest BCUT2D eigenvalue weighted by molar-refractivity contribution is 0.111. The molecular weight excluding hydrogens is 244 g/mol. The highest BCUT2D eigenvalue weighted by atomic mass is 16.3. The van der Waals surface area contributed by atoms with Crippen molar-refractivity contribution in [1.82, 2.24) is 0 Å². The van der Waals surface area contributed by atoms with Gasteiger partial charge in [-0.15, -0.1) is 0 Å². The average Bonchev–Trinajstić information content (AvgIpc) is 2.39. The van der Waals surface area contributed by atoms with Crippen molar-refractivity contribution < 1.29 is 19.8 Å². The third-order valence-electron chi connectivity index (χ3n) is 2.96. The van der Waals surface area contributed by atoms with Gasteiger partial charge in [-0.3, -0.25) is 9.59 Å². The van der Waals surface area contributed by atoms with Gasteiger partial charge in [0.05, 0.1) is 11.1 Å². The molecule has 0 aromatic heterocycles. The fraction of sp³-hybridized carbons (Fsp3) is 0.0667. The Morgan fingerprint density at radius 3 is 1.58 bits per heavy atom. The Kier molecular flexibility index (Phi) is 3.61. The molecule has 2 rings (SSSR count). The molecule has 0 amide bonds. The second kappa shape index (κ2) is 5.35. The number of aldehydes is 2. The van der Waals surface area contributed by atoms with Gasteiger partial charge in [-0.25, -0.2) is 0 Å². The van der Waals surface area contributed by atoms with Crippen molar-refractivity contribution in [2.24, 2.45) is 0 Å². The van der Waals surface area contributed by atoms with Gasteiger partial charge in [-0.2, -0.15) is 0 Å². The number of phenols is 2.